The number of furan rings is 1. The fourth-order valence-corrected chi connectivity index (χ4v) is 4.85. The molecule has 1 aliphatic rings. The maximum Gasteiger partial charge on any atom is 0.260 e. The summed E-state index contributed by atoms with van der Waals surface area (Å²) < 4.78 is 11.1. The van der Waals surface area contributed by atoms with Crippen LogP contribution in [0.4, 0.5) is 0 Å². The first-order valence-electron chi connectivity index (χ1n) is 8.01. The number of hydrogen-bond acceptors (Lipinski definition) is 6. The largest absolute Gasteiger partial charge is 0.464 e. The third kappa shape index (κ3) is 3.03. The Kier molecular flexibility index (Phi) is 4.47. The molecular formula is C17H18N2O3S2. The maximum absolute atomic E-state index is 12.6. The maximum atomic E-state index is 12.6. The van der Waals surface area contributed by atoms with E-state index in [1.165, 1.54) is 11.3 Å². The summed E-state index contributed by atoms with van der Waals surface area (Å²) >= 11 is 3.25. The fourth-order valence-electron chi connectivity index (χ4n) is 2.88. The SMILES string of the molecule is CC(SCC1CCCO1)c1nc2scc(-c3ccco3)c2c(=O)[nH]1. The van der Waals surface area contributed by atoms with Crippen molar-refractivity contribution < 1.29 is 9.15 Å². The molecule has 126 valence electrons. The van der Waals surface area contributed by atoms with Gasteiger partial charge in [0.2, 0.25) is 0 Å². The summed E-state index contributed by atoms with van der Waals surface area (Å²) in [5, 5.41) is 2.66. The Hall–Kier alpha value is -1.57. The number of nitrogens with one attached hydrogen (secondary N) is 1. The van der Waals surface area contributed by atoms with Crippen LogP contribution in [-0.2, 0) is 4.74 Å². The van der Waals surface area contributed by atoms with E-state index in [0.717, 1.165) is 41.4 Å². The van der Waals surface area contributed by atoms with Crippen LogP contribution in [-0.4, -0.2) is 28.4 Å². The van der Waals surface area contributed by atoms with Crippen molar-refractivity contribution in [3.63, 3.8) is 0 Å². The first kappa shape index (κ1) is 15.9. The monoisotopic (exact) mass is 362 g/mol. The van der Waals surface area contributed by atoms with Gasteiger partial charge in [-0.2, -0.15) is 0 Å². The smallest absolute Gasteiger partial charge is 0.260 e. The molecular weight excluding hydrogens is 344 g/mol. The summed E-state index contributed by atoms with van der Waals surface area (Å²) in [7, 11) is 0. The zero-order valence-electron chi connectivity index (χ0n) is 13.3. The standard InChI is InChI=1S/C17H18N2O3S2/c1-10(23-8-11-4-2-6-21-11)15-18-16(20)14-12(9-24-17(14)19-15)13-5-3-7-22-13/h3,5,7,9-11H,2,4,6,8H2,1H3,(H,18,19,20). The first-order valence-corrected chi connectivity index (χ1v) is 9.93. The van der Waals surface area contributed by atoms with Gasteiger partial charge in [-0.05, 0) is 31.9 Å². The number of aromatic nitrogens is 2. The molecule has 1 saturated heterocycles. The third-order valence-electron chi connectivity index (χ3n) is 4.19. The highest BCUT2D eigenvalue weighted by Crippen LogP contribution is 2.33. The molecule has 0 aliphatic carbocycles. The Balaban J connectivity index is 1.60. The lowest BCUT2D eigenvalue weighted by Gasteiger charge is -2.13. The van der Waals surface area contributed by atoms with Crippen LogP contribution in [0.15, 0.2) is 33.0 Å². The molecule has 3 aromatic heterocycles. The molecule has 3 aromatic rings. The lowest BCUT2D eigenvalue weighted by atomic mass is 10.2. The van der Waals surface area contributed by atoms with Gasteiger partial charge >= 0.3 is 0 Å². The van der Waals surface area contributed by atoms with E-state index in [1.54, 1.807) is 18.0 Å². The van der Waals surface area contributed by atoms with Gasteiger partial charge in [0.15, 0.2) is 0 Å². The highest BCUT2D eigenvalue weighted by Gasteiger charge is 2.20. The van der Waals surface area contributed by atoms with Crippen LogP contribution in [0.25, 0.3) is 21.5 Å². The lowest BCUT2D eigenvalue weighted by Crippen LogP contribution is -2.14. The second-order valence-corrected chi connectivity index (χ2v) is 8.10. The molecule has 7 heteroatoms. The molecule has 4 heterocycles. The molecule has 4 rings (SSSR count). The van der Waals surface area contributed by atoms with E-state index in [0.29, 0.717) is 17.3 Å². The number of aromatic amines is 1. The molecule has 0 amide bonds. The van der Waals surface area contributed by atoms with Crippen molar-refractivity contribution >= 4 is 33.3 Å². The topological polar surface area (TPSA) is 68.1 Å². The summed E-state index contributed by atoms with van der Waals surface area (Å²) in [5.74, 6) is 2.36. The normalized spacial score (nSPS) is 19.1. The summed E-state index contributed by atoms with van der Waals surface area (Å²) in [6.07, 6.45) is 4.21. The summed E-state index contributed by atoms with van der Waals surface area (Å²) in [4.78, 5) is 21.0. The van der Waals surface area contributed by atoms with Crippen molar-refractivity contribution in [2.24, 2.45) is 0 Å². The summed E-state index contributed by atoms with van der Waals surface area (Å²) in [5.41, 5.74) is 0.701. The van der Waals surface area contributed by atoms with Crippen LogP contribution >= 0.6 is 23.1 Å². The Bertz CT molecular complexity index is 879. The number of nitrogens with zero attached hydrogens (tertiary/aromatic N) is 1. The fraction of sp³-hybridized carbons (Fsp3) is 0.412. The van der Waals surface area contributed by atoms with E-state index in [2.05, 4.69) is 16.9 Å². The molecule has 0 spiro atoms. The van der Waals surface area contributed by atoms with E-state index in [1.807, 2.05) is 17.5 Å². The second kappa shape index (κ2) is 6.74. The number of hydrogen-bond donors (Lipinski definition) is 1. The van der Waals surface area contributed by atoms with Gasteiger partial charge in [-0.3, -0.25) is 4.79 Å². The summed E-state index contributed by atoms with van der Waals surface area (Å²) in [6, 6.07) is 3.67. The molecule has 0 aromatic carbocycles. The van der Waals surface area contributed by atoms with Crippen LogP contribution in [0, 0.1) is 0 Å². The minimum Gasteiger partial charge on any atom is -0.464 e. The van der Waals surface area contributed by atoms with Gasteiger partial charge in [0.05, 0.1) is 23.0 Å². The first-order chi connectivity index (χ1) is 11.7. The van der Waals surface area contributed by atoms with E-state index in [-0.39, 0.29) is 10.8 Å². The van der Waals surface area contributed by atoms with Crippen LogP contribution in [0.2, 0.25) is 0 Å². The van der Waals surface area contributed by atoms with Crippen LogP contribution in [0.1, 0.15) is 30.8 Å². The Morgan fingerprint density at radius 1 is 1.54 bits per heavy atom. The van der Waals surface area contributed by atoms with Gasteiger partial charge in [0.1, 0.15) is 16.4 Å². The second-order valence-electron chi connectivity index (χ2n) is 5.87. The van der Waals surface area contributed by atoms with E-state index in [9.17, 15) is 4.79 Å². The van der Waals surface area contributed by atoms with Gasteiger partial charge in [0, 0.05) is 23.3 Å². The quantitative estimate of drug-likeness (QED) is 0.736. The number of fused-ring (bicyclic) bond motifs is 1. The van der Waals surface area contributed by atoms with Crippen LogP contribution in [0.5, 0.6) is 0 Å². The molecule has 1 fully saturated rings. The van der Waals surface area contributed by atoms with Gasteiger partial charge in [0.25, 0.3) is 5.56 Å². The van der Waals surface area contributed by atoms with Gasteiger partial charge in [-0.1, -0.05) is 0 Å². The van der Waals surface area contributed by atoms with Crippen molar-refractivity contribution in [2.75, 3.05) is 12.4 Å². The molecule has 1 aliphatic heterocycles. The van der Waals surface area contributed by atoms with Crippen LogP contribution in [0.3, 0.4) is 0 Å². The van der Waals surface area contributed by atoms with E-state index >= 15 is 0 Å². The molecule has 0 bridgehead atoms. The number of thiophene rings is 1. The van der Waals surface area contributed by atoms with Crippen molar-refractivity contribution in [1.29, 1.82) is 0 Å². The molecule has 1 N–H and O–H groups in total. The minimum atomic E-state index is -0.104. The zero-order chi connectivity index (χ0) is 16.5. The minimum absolute atomic E-state index is 0.104. The molecule has 2 atom stereocenters. The van der Waals surface area contributed by atoms with Gasteiger partial charge in [-0.25, -0.2) is 4.98 Å². The average Bonchev–Trinajstić information content (AvgIpc) is 3.31. The predicted molar refractivity (Wildman–Crippen MR) is 97.8 cm³/mol. The highest BCUT2D eigenvalue weighted by molar-refractivity contribution is 7.99. The van der Waals surface area contributed by atoms with Gasteiger partial charge in [-0.15, -0.1) is 23.1 Å². The zero-order valence-corrected chi connectivity index (χ0v) is 14.9. The Labute approximate surface area is 147 Å². The highest BCUT2D eigenvalue weighted by atomic mass is 32.2. The molecule has 2 unspecified atom stereocenters. The van der Waals surface area contributed by atoms with Crippen molar-refractivity contribution in [1.82, 2.24) is 9.97 Å². The van der Waals surface area contributed by atoms with E-state index < -0.39 is 0 Å². The number of ether oxygens (including phenoxy) is 1. The molecule has 24 heavy (non-hydrogen) atoms. The molecule has 0 saturated carbocycles. The predicted octanol–water partition coefficient (Wildman–Crippen LogP) is 4.22. The van der Waals surface area contributed by atoms with Crippen molar-refractivity contribution in [2.45, 2.75) is 31.1 Å². The van der Waals surface area contributed by atoms with Crippen molar-refractivity contribution in [3.8, 4) is 11.3 Å². The van der Waals surface area contributed by atoms with Crippen molar-refractivity contribution in [3.05, 3.63) is 40.0 Å². The number of H-pyrrole nitrogens is 1. The molecule has 5 nitrogen and oxygen atoms in total. The summed E-state index contributed by atoms with van der Waals surface area (Å²) in [6.45, 7) is 2.94. The number of thioether (sulfide) groups is 1. The third-order valence-corrected chi connectivity index (χ3v) is 6.35. The Morgan fingerprint density at radius 2 is 2.46 bits per heavy atom. The average molecular weight is 362 g/mol. The van der Waals surface area contributed by atoms with Crippen LogP contribution < -0.4 is 5.56 Å². The molecule has 0 radical (unpaired) electrons. The lowest BCUT2D eigenvalue weighted by molar-refractivity contribution is 0.129. The van der Waals surface area contributed by atoms with E-state index in [4.69, 9.17) is 9.15 Å². The Morgan fingerprint density at radius 3 is 3.21 bits per heavy atom. The van der Waals surface area contributed by atoms with Gasteiger partial charge < -0.3 is 14.1 Å². The number of rotatable bonds is 5.